The largest absolute Gasteiger partial charge is 0.476 e. The highest BCUT2D eigenvalue weighted by atomic mass is 15.0. The van der Waals surface area contributed by atoms with E-state index in [9.17, 15) is 0 Å². The van der Waals surface area contributed by atoms with Crippen LogP contribution in [0.1, 0.15) is 13.3 Å². The van der Waals surface area contributed by atoms with Gasteiger partial charge in [-0.3, -0.25) is 0 Å². The molecule has 0 rings (SSSR count). The monoisotopic (exact) mass is 157 g/mol. The molecule has 0 aromatic heterocycles. The standard InChI is InChI=1S/C8H19N3/c1-4-10(2)8-11(3)7-5-6-9/h4-7,9H2,1-3H3/q+2. The molecule has 0 saturated carbocycles. The molecule has 64 valence electrons. The van der Waals surface area contributed by atoms with Crippen molar-refractivity contribution < 1.29 is 9.15 Å². The third kappa shape index (κ3) is 5.77. The van der Waals surface area contributed by atoms with Crippen molar-refractivity contribution in [2.75, 3.05) is 33.7 Å². The summed E-state index contributed by atoms with van der Waals surface area (Å²) in [6.45, 7) is 4.83. The zero-order chi connectivity index (χ0) is 8.69. The summed E-state index contributed by atoms with van der Waals surface area (Å²) in [6, 6.07) is 3.18. The molecule has 3 nitrogen and oxygen atoms in total. The molecule has 0 atom stereocenters. The molecule has 0 amide bonds. The van der Waals surface area contributed by atoms with E-state index in [0.717, 1.165) is 26.1 Å². The summed E-state index contributed by atoms with van der Waals surface area (Å²) in [5, 5.41) is 0. The maximum absolute atomic E-state index is 5.37. The van der Waals surface area contributed by atoms with E-state index in [4.69, 9.17) is 5.73 Å². The molecule has 0 bridgehead atoms. The molecule has 0 aliphatic rings. The fraction of sp³-hybridized carbons (Fsp3) is 0.875. The summed E-state index contributed by atoms with van der Waals surface area (Å²) >= 11 is 0. The van der Waals surface area contributed by atoms with Crippen LogP contribution in [-0.4, -0.2) is 48.9 Å². The van der Waals surface area contributed by atoms with Crippen molar-refractivity contribution in [1.29, 1.82) is 0 Å². The number of hydrogen-bond donors (Lipinski definition) is 1. The van der Waals surface area contributed by atoms with Crippen LogP contribution >= 0.6 is 0 Å². The molecule has 0 aliphatic carbocycles. The van der Waals surface area contributed by atoms with Gasteiger partial charge in [-0.05, 0) is 13.5 Å². The van der Waals surface area contributed by atoms with Crippen LogP contribution in [0.15, 0.2) is 0 Å². The van der Waals surface area contributed by atoms with Crippen molar-refractivity contribution in [3.8, 4) is 0 Å². The Hall–Kier alpha value is -0.660. The predicted octanol–water partition coefficient (Wildman–Crippen LogP) is -0.186. The van der Waals surface area contributed by atoms with Gasteiger partial charge in [0.15, 0.2) is 13.1 Å². The topological polar surface area (TPSA) is 32.0 Å². The summed E-state index contributed by atoms with van der Waals surface area (Å²) in [4.78, 5) is 0. The van der Waals surface area contributed by atoms with E-state index in [1.54, 1.807) is 0 Å². The Morgan fingerprint density at radius 2 is 1.91 bits per heavy atom. The van der Waals surface area contributed by atoms with Crippen LogP contribution in [0.25, 0.3) is 0 Å². The molecule has 0 heterocycles. The SMILES string of the molecule is CC[N+](C)=C=[N+](C)CCCN. The van der Waals surface area contributed by atoms with Crippen molar-refractivity contribution in [3.05, 3.63) is 0 Å². The van der Waals surface area contributed by atoms with Crippen LogP contribution in [0.3, 0.4) is 0 Å². The van der Waals surface area contributed by atoms with Gasteiger partial charge in [0.2, 0.25) is 0 Å². The van der Waals surface area contributed by atoms with Gasteiger partial charge in [0.1, 0.15) is 14.1 Å². The van der Waals surface area contributed by atoms with E-state index in [-0.39, 0.29) is 0 Å². The Bertz CT molecular complexity index is 166. The summed E-state index contributed by atoms with van der Waals surface area (Å²) in [7, 11) is 4.03. The zero-order valence-electron chi connectivity index (χ0n) is 7.80. The Morgan fingerprint density at radius 3 is 2.36 bits per heavy atom. The first-order chi connectivity index (χ1) is 5.20. The van der Waals surface area contributed by atoms with Crippen LogP contribution in [-0.2, 0) is 0 Å². The van der Waals surface area contributed by atoms with E-state index in [1.165, 1.54) is 0 Å². The second-order valence-electron chi connectivity index (χ2n) is 2.68. The second kappa shape index (κ2) is 6.08. The lowest BCUT2D eigenvalue weighted by molar-refractivity contribution is -0.558. The average Bonchev–Trinajstić information content (AvgIpc) is 2.00. The smallest absolute Gasteiger partial charge is 0.330 e. The summed E-state index contributed by atoms with van der Waals surface area (Å²) < 4.78 is 4.06. The Balaban J connectivity index is 3.98. The Labute approximate surface area is 68.8 Å². The molecule has 0 spiro atoms. The number of nitrogens with two attached hydrogens (primary N) is 1. The molecule has 0 aliphatic heterocycles. The third-order valence-electron chi connectivity index (χ3n) is 1.51. The van der Waals surface area contributed by atoms with Gasteiger partial charge in [-0.15, -0.1) is 9.15 Å². The fourth-order valence-corrected chi connectivity index (χ4v) is 0.741. The van der Waals surface area contributed by atoms with E-state index < -0.39 is 0 Å². The van der Waals surface area contributed by atoms with Crippen LogP contribution in [0.4, 0.5) is 0 Å². The van der Waals surface area contributed by atoms with Crippen LogP contribution in [0.2, 0.25) is 0 Å². The maximum Gasteiger partial charge on any atom is 0.476 e. The van der Waals surface area contributed by atoms with E-state index in [0.29, 0.717) is 0 Å². The minimum atomic E-state index is 0.752. The highest BCUT2D eigenvalue weighted by Crippen LogP contribution is 1.73. The van der Waals surface area contributed by atoms with Crippen LogP contribution < -0.4 is 5.73 Å². The molecule has 0 aromatic carbocycles. The predicted molar refractivity (Wildman–Crippen MR) is 46.5 cm³/mol. The minimum absolute atomic E-state index is 0.752. The van der Waals surface area contributed by atoms with Gasteiger partial charge >= 0.3 is 6.01 Å². The van der Waals surface area contributed by atoms with Gasteiger partial charge < -0.3 is 5.73 Å². The van der Waals surface area contributed by atoms with E-state index in [1.807, 2.05) is 23.2 Å². The number of hydrogen-bond acceptors (Lipinski definition) is 1. The first kappa shape index (κ1) is 10.3. The Morgan fingerprint density at radius 1 is 1.27 bits per heavy atom. The van der Waals surface area contributed by atoms with Gasteiger partial charge in [0.25, 0.3) is 0 Å². The quantitative estimate of drug-likeness (QED) is 0.445. The first-order valence-corrected chi connectivity index (χ1v) is 4.09. The van der Waals surface area contributed by atoms with Crippen LogP contribution in [0.5, 0.6) is 0 Å². The van der Waals surface area contributed by atoms with Gasteiger partial charge in [-0.25, -0.2) is 0 Å². The van der Waals surface area contributed by atoms with E-state index >= 15 is 0 Å². The highest BCUT2D eigenvalue weighted by Gasteiger charge is 1.97. The molecular weight excluding hydrogens is 138 g/mol. The van der Waals surface area contributed by atoms with Crippen molar-refractivity contribution in [2.45, 2.75) is 13.3 Å². The molecule has 11 heavy (non-hydrogen) atoms. The molecule has 0 aromatic rings. The van der Waals surface area contributed by atoms with Gasteiger partial charge in [-0.2, -0.15) is 0 Å². The first-order valence-electron chi connectivity index (χ1n) is 4.09. The van der Waals surface area contributed by atoms with Crippen molar-refractivity contribution in [2.24, 2.45) is 5.73 Å². The number of nitrogens with zero attached hydrogens (tertiary/aromatic N) is 2. The van der Waals surface area contributed by atoms with Crippen molar-refractivity contribution in [1.82, 2.24) is 0 Å². The lowest BCUT2D eigenvalue weighted by Crippen LogP contribution is -2.15. The van der Waals surface area contributed by atoms with Crippen LogP contribution in [0, 0.1) is 0 Å². The van der Waals surface area contributed by atoms with Crippen molar-refractivity contribution in [3.63, 3.8) is 0 Å². The lowest BCUT2D eigenvalue weighted by atomic mass is 10.4. The second-order valence-corrected chi connectivity index (χ2v) is 2.68. The van der Waals surface area contributed by atoms with Gasteiger partial charge in [0.05, 0.1) is 0 Å². The van der Waals surface area contributed by atoms with Crippen molar-refractivity contribution >= 4 is 6.01 Å². The average molecular weight is 157 g/mol. The number of rotatable bonds is 4. The Kier molecular flexibility index (Phi) is 5.71. The molecule has 0 fully saturated rings. The molecule has 0 saturated heterocycles. The third-order valence-corrected chi connectivity index (χ3v) is 1.51. The summed E-state index contributed by atoms with van der Waals surface area (Å²) in [5.74, 6) is 0. The molecule has 2 N–H and O–H groups in total. The van der Waals surface area contributed by atoms with Gasteiger partial charge in [-0.1, -0.05) is 0 Å². The molecule has 3 heteroatoms. The van der Waals surface area contributed by atoms with Gasteiger partial charge in [0, 0.05) is 6.42 Å². The molecule has 0 unspecified atom stereocenters. The fourth-order valence-electron chi connectivity index (χ4n) is 0.741. The van der Waals surface area contributed by atoms with E-state index in [2.05, 4.69) is 12.9 Å². The molecular formula is C8H19N3+2. The lowest BCUT2D eigenvalue weighted by Gasteiger charge is -1.87. The minimum Gasteiger partial charge on any atom is -0.330 e. The zero-order valence-corrected chi connectivity index (χ0v) is 7.80. The highest BCUT2D eigenvalue weighted by molar-refractivity contribution is 5.25. The normalized spacial score (nSPS) is 9.09. The summed E-state index contributed by atoms with van der Waals surface area (Å²) in [5.41, 5.74) is 5.37. The summed E-state index contributed by atoms with van der Waals surface area (Å²) in [6.07, 6.45) is 1.03. The maximum atomic E-state index is 5.37. The molecule has 0 radical (unpaired) electrons.